The second kappa shape index (κ2) is 37.7. The van der Waals surface area contributed by atoms with Crippen molar-refractivity contribution in [3.8, 4) is 0 Å². The van der Waals surface area contributed by atoms with E-state index in [0.29, 0.717) is 29.1 Å². The summed E-state index contributed by atoms with van der Waals surface area (Å²) < 4.78 is 28.1. The number of Topliss-reactive ketones (excluding diaryl/α,β-unsaturated/α-hetero) is 1. The zero-order chi connectivity index (χ0) is 63.2. The lowest BCUT2D eigenvalue weighted by atomic mass is 9.82. The number of imide groups is 2. The maximum atomic E-state index is 14.4. The smallest absolute Gasteiger partial charge is 0.373 e. The van der Waals surface area contributed by atoms with Crippen molar-refractivity contribution in [1.29, 1.82) is 0 Å². The van der Waals surface area contributed by atoms with Gasteiger partial charge in [-0.3, -0.25) is 53.0 Å². The van der Waals surface area contributed by atoms with E-state index in [9.17, 15) is 43.2 Å². The molecule has 2 N–H and O–H groups in total. The minimum Gasteiger partial charge on any atom is -0.455 e. The molecule has 2 aromatic rings. The Hall–Kier alpha value is -6.66. The van der Waals surface area contributed by atoms with E-state index >= 15 is 0 Å². The number of nitrogens with zero attached hydrogens (tertiary/aromatic N) is 5. The predicted molar refractivity (Wildman–Crippen MR) is 315 cm³/mol. The average molecular weight is 1210 g/mol. The molecule has 1 aromatic carbocycles. The molecule has 1 aromatic heterocycles. The van der Waals surface area contributed by atoms with E-state index in [4.69, 9.17) is 38.3 Å². The third-order valence-electron chi connectivity index (χ3n) is 15.1. The molecule has 2 aliphatic rings. The third-order valence-corrected chi connectivity index (χ3v) is 16.0. The van der Waals surface area contributed by atoms with Crippen molar-refractivity contribution < 1.29 is 76.4 Å². The highest BCUT2D eigenvalue weighted by Crippen LogP contribution is 2.34. The minimum atomic E-state index is -0.812. The topological polar surface area (TPSA) is 284 Å². The molecule has 5 atom stereocenters. The zero-order valence-electron chi connectivity index (χ0n) is 51.4. The molecular weight excluding hydrogens is 1120 g/mol. The van der Waals surface area contributed by atoms with Gasteiger partial charge in [0.1, 0.15) is 16.5 Å². The van der Waals surface area contributed by atoms with Gasteiger partial charge >= 0.3 is 12.1 Å². The Bertz CT molecular complexity index is 2610. The van der Waals surface area contributed by atoms with E-state index in [1.54, 1.807) is 17.5 Å². The number of anilines is 1. The van der Waals surface area contributed by atoms with Crippen LogP contribution in [0.5, 0.6) is 0 Å². The van der Waals surface area contributed by atoms with Gasteiger partial charge in [-0.15, -0.1) is 11.3 Å². The van der Waals surface area contributed by atoms with Gasteiger partial charge in [0, 0.05) is 92.1 Å². The van der Waals surface area contributed by atoms with Crippen LogP contribution in [0.15, 0.2) is 47.9 Å². The molecule has 0 saturated carbocycles. The Balaban J connectivity index is 0.00000617. The number of amides is 7. The lowest BCUT2D eigenvalue weighted by Crippen LogP contribution is -2.46. The molecular formula is C61H89N7O16S. The van der Waals surface area contributed by atoms with E-state index in [-0.39, 0.29) is 180 Å². The number of rotatable bonds is 40. The maximum absolute atomic E-state index is 14.4. The fraction of sp³-hybridized carbons (Fsp3) is 0.623. The molecule has 3 heterocycles. The second-order valence-corrected chi connectivity index (χ2v) is 23.1. The van der Waals surface area contributed by atoms with Gasteiger partial charge in [0.05, 0.1) is 72.4 Å². The number of carbonyl (C=O) groups excluding carboxylic acids is 11. The first-order valence-corrected chi connectivity index (χ1v) is 29.9. The molecule has 0 spiro atoms. The Kier molecular flexibility index (Phi) is 32.2. The minimum absolute atomic E-state index is 0.00513. The van der Waals surface area contributed by atoms with Crippen LogP contribution in [0, 0.1) is 17.8 Å². The first-order valence-electron chi connectivity index (χ1n) is 29.1. The molecule has 2 aliphatic heterocycles. The molecule has 0 aliphatic carbocycles. The van der Waals surface area contributed by atoms with Crippen molar-refractivity contribution in [3.63, 3.8) is 0 Å². The molecule has 24 heteroatoms. The number of carbonyl (C=O) groups is 9. The van der Waals surface area contributed by atoms with Crippen molar-refractivity contribution in [3.05, 3.63) is 69.7 Å². The lowest BCUT2D eigenvalue weighted by Gasteiger charge is -2.38. The molecule has 0 bridgehead atoms. The van der Waals surface area contributed by atoms with Crippen LogP contribution in [0.3, 0.4) is 0 Å². The van der Waals surface area contributed by atoms with Gasteiger partial charge < -0.3 is 44.1 Å². The number of ether oxygens (including phenoxy) is 5. The Morgan fingerprint density at radius 3 is 1.81 bits per heavy atom. The SMILES string of the molecule is CCC[C@H](Cc1ccc(CC(=O)CCOCCOCCN2C(=O)C=CC2=O)c(NC(=O)CCOCCOCCN2C(=O)C=CC2=O)c1)NC(=O)c1csc([C@@H](C[C@H](C(C)C)N(C)C(=O)[C@@H](CCC(C)(C)N(C)C)[C@@H](C)CC)OC(C)=O)n1.O=C=O. The van der Waals surface area contributed by atoms with E-state index < -0.39 is 18.0 Å². The second-order valence-electron chi connectivity index (χ2n) is 22.2. The van der Waals surface area contributed by atoms with Crippen molar-refractivity contribution in [2.24, 2.45) is 17.8 Å². The molecule has 0 saturated heterocycles. The molecule has 470 valence electrons. The zero-order valence-corrected chi connectivity index (χ0v) is 52.2. The number of ketones is 1. The van der Waals surface area contributed by atoms with E-state index in [2.05, 4.69) is 57.3 Å². The number of hydrogen-bond acceptors (Lipinski definition) is 19. The summed E-state index contributed by atoms with van der Waals surface area (Å²) in [6, 6.07) is 4.79. The molecule has 0 radical (unpaired) electrons. The first kappa shape index (κ1) is 72.6. The number of esters is 1. The van der Waals surface area contributed by atoms with Gasteiger partial charge in [-0.25, -0.2) is 4.98 Å². The standard InChI is InChI=1S/C60H89N7O14S.CO2/c1-12-14-45(61-57(75)49-39-82-58(63-49)51(81-42(6)68)38-50(40(3)4)65(11)59(76)47(41(5)13-2)21-24-60(7,8)64(9)10)35-43-15-16-44(37-46(69)22-27-77-31-33-79-29-25-66-53(71)17-18-54(66)72)48(36-43)62-52(70)23-28-78-32-34-80-30-26-67-55(73)19-20-56(67)74;2-1-3/h15-20,36,39-41,45,47,50-51H,12-14,21-35,37-38H2,1-11H3,(H,61,75)(H,62,70);/t41-,45+,47-,50+,51+;/m0./s1. The van der Waals surface area contributed by atoms with Crippen molar-refractivity contribution in [2.45, 2.75) is 143 Å². The summed E-state index contributed by atoms with van der Waals surface area (Å²) in [5, 5.41) is 8.19. The van der Waals surface area contributed by atoms with E-state index in [1.807, 2.05) is 38.8 Å². The van der Waals surface area contributed by atoms with Crippen LogP contribution in [-0.4, -0.2) is 189 Å². The molecule has 23 nitrogen and oxygen atoms in total. The van der Waals surface area contributed by atoms with Crippen LogP contribution >= 0.6 is 11.3 Å². The van der Waals surface area contributed by atoms with Gasteiger partial charge in [-0.05, 0) is 82.7 Å². The first-order chi connectivity index (χ1) is 40.4. The molecule has 7 amide bonds. The number of aromatic nitrogens is 1. The molecule has 0 fully saturated rings. The normalized spacial score (nSPS) is 14.9. The number of hydrogen-bond donors (Lipinski definition) is 2. The van der Waals surface area contributed by atoms with Crippen molar-refractivity contribution >= 4 is 76.3 Å². The van der Waals surface area contributed by atoms with Crippen molar-refractivity contribution in [2.75, 3.05) is 92.4 Å². The Morgan fingerprint density at radius 2 is 1.31 bits per heavy atom. The van der Waals surface area contributed by atoms with Crippen LogP contribution < -0.4 is 10.6 Å². The summed E-state index contributed by atoms with van der Waals surface area (Å²) in [6.07, 6.45) is 8.78. The number of thiazole rings is 1. The summed E-state index contributed by atoms with van der Waals surface area (Å²) in [5.41, 5.74) is 1.86. The largest absolute Gasteiger partial charge is 0.455 e. The van der Waals surface area contributed by atoms with E-state index in [1.165, 1.54) is 42.6 Å². The summed E-state index contributed by atoms with van der Waals surface area (Å²) in [6.45, 7) is 17.5. The highest BCUT2D eigenvalue weighted by molar-refractivity contribution is 7.09. The summed E-state index contributed by atoms with van der Waals surface area (Å²) in [5.74, 6) is -2.93. The van der Waals surface area contributed by atoms with Crippen LogP contribution in [0.2, 0.25) is 0 Å². The monoisotopic (exact) mass is 1210 g/mol. The highest BCUT2D eigenvalue weighted by Gasteiger charge is 2.36. The third kappa shape index (κ3) is 25.1. The van der Waals surface area contributed by atoms with Gasteiger partial charge in [-0.1, -0.05) is 59.6 Å². The Morgan fingerprint density at radius 1 is 0.765 bits per heavy atom. The predicted octanol–water partition coefficient (Wildman–Crippen LogP) is 5.71. The van der Waals surface area contributed by atoms with Gasteiger partial charge in [-0.2, -0.15) is 9.59 Å². The van der Waals surface area contributed by atoms with Crippen LogP contribution in [0.25, 0.3) is 0 Å². The van der Waals surface area contributed by atoms with Crippen LogP contribution in [0.4, 0.5) is 5.69 Å². The van der Waals surface area contributed by atoms with E-state index in [0.717, 1.165) is 41.0 Å². The average Bonchev–Trinajstić information content (AvgIpc) is 4.33. The maximum Gasteiger partial charge on any atom is 0.373 e. The number of nitrogens with one attached hydrogen (secondary N) is 2. The molecule has 0 unspecified atom stereocenters. The van der Waals surface area contributed by atoms with Crippen LogP contribution in [0.1, 0.15) is 139 Å². The quantitative estimate of drug-likeness (QED) is 0.0459. The molecule has 4 rings (SSSR count). The fourth-order valence-electron chi connectivity index (χ4n) is 9.39. The Labute approximate surface area is 503 Å². The number of benzene rings is 1. The fourth-order valence-corrected chi connectivity index (χ4v) is 10.2. The highest BCUT2D eigenvalue weighted by atomic mass is 32.1. The van der Waals surface area contributed by atoms with Crippen molar-refractivity contribution in [1.82, 2.24) is 29.9 Å². The van der Waals surface area contributed by atoms with Gasteiger partial charge in [0.25, 0.3) is 29.5 Å². The van der Waals surface area contributed by atoms with Gasteiger partial charge in [0.2, 0.25) is 11.8 Å². The lowest BCUT2D eigenvalue weighted by molar-refractivity contribution is -0.192. The summed E-state index contributed by atoms with van der Waals surface area (Å²) >= 11 is 1.22. The summed E-state index contributed by atoms with van der Waals surface area (Å²) in [7, 11) is 5.94. The molecule has 85 heavy (non-hydrogen) atoms. The summed E-state index contributed by atoms with van der Waals surface area (Å²) in [4.78, 5) is 142. The van der Waals surface area contributed by atoms with Crippen LogP contribution in [-0.2, 0) is 84.5 Å². The van der Waals surface area contributed by atoms with Gasteiger partial charge in [0.15, 0.2) is 6.10 Å².